The number of aromatic nitrogens is 1. The van der Waals surface area contributed by atoms with Crippen LogP contribution in [0.25, 0.3) is 0 Å². The first-order valence-corrected chi connectivity index (χ1v) is 8.38. The molecular formula is C15H21NO2S. The molecule has 19 heavy (non-hydrogen) atoms. The van der Waals surface area contributed by atoms with Crippen molar-refractivity contribution in [2.24, 2.45) is 0 Å². The fraction of sp³-hybridized carbons (Fsp3) is 0.667. The smallest absolute Gasteiger partial charge is 0.0725 e. The first kappa shape index (κ1) is 13.3. The minimum atomic E-state index is -0.725. The first-order valence-electron chi connectivity index (χ1n) is 7.10. The molecule has 0 aliphatic carbocycles. The lowest BCUT2D eigenvalue weighted by atomic mass is 9.82. The summed E-state index contributed by atoms with van der Waals surface area (Å²) in [4.78, 5) is 4.49. The van der Waals surface area contributed by atoms with Crippen LogP contribution in [0.2, 0.25) is 0 Å². The predicted molar refractivity (Wildman–Crippen MR) is 76.4 cm³/mol. The molecule has 3 heterocycles. The maximum absolute atomic E-state index is 12.2. The van der Waals surface area contributed by atoms with Crippen LogP contribution in [0, 0.1) is 6.92 Å². The lowest BCUT2D eigenvalue weighted by Crippen LogP contribution is -2.50. The van der Waals surface area contributed by atoms with Gasteiger partial charge >= 0.3 is 0 Å². The third kappa shape index (κ3) is 2.75. The van der Waals surface area contributed by atoms with Gasteiger partial charge in [0.1, 0.15) is 0 Å². The van der Waals surface area contributed by atoms with E-state index in [-0.39, 0.29) is 10.5 Å². The normalized spacial score (nSPS) is 38.1. The van der Waals surface area contributed by atoms with Gasteiger partial charge in [0.25, 0.3) is 0 Å². The van der Waals surface area contributed by atoms with E-state index in [9.17, 15) is 9.32 Å². The molecule has 0 radical (unpaired) electrons. The summed E-state index contributed by atoms with van der Waals surface area (Å²) in [5, 5.41) is 11.3. The van der Waals surface area contributed by atoms with E-state index >= 15 is 0 Å². The summed E-state index contributed by atoms with van der Waals surface area (Å²) in [6.45, 7) is 1.97. The van der Waals surface area contributed by atoms with Gasteiger partial charge in [-0.15, -0.1) is 0 Å². The molecule has 2 saturated heterocycles. The molecule has 1 aromatic rings. The Labute approximate surface area is 116 Å². The van der Waals surface area contributed by atoms with Crippen LogP contribution in [0.1, 0.15) is 43.5 Å². The van der Waals surface area contributed by atoms with E-state index in [1.807, 2.05) is 25.1 Å². The van der Waals surface area contributed by atoms with Gasteiger partial charge in [0.05, 0.1) is 5.60 Å². The van der Waals surface area contributed by atoms with Crippen LogP contribution in [0.5, 0.6) is 0 Å². The van der Waals surface area contributed by atoms with Crippen LogP contribution in [0.4, 0.5) is 0 Å². The van der Waals surface area contributed by atoms with Gasteiger partial charge in [-0.3, -0.25) is 9.19 Å². The highest BCUT2D eigenvalue weighted by atomic mass is 32.2. The SMILES string of the molecule is Cc1cccc(CC2(O)CC3CCCC(C2)S3=O)n1. The van der Waals surface area contributed by atoms with Crippen molar-refractivity contribution >= 4 is 10.8 Å². The van der Waals surface area contributed by atoms with Crippen LogP contribution in [-0.4, -0.2) is 30.4 Å². The molecule has 2 bridgehead atoms. The molecule has 0 spiro atoms. The Bertz CT molecular complexity index is 487. The van der Waals surface area contributed by atoms with Gasteiger partial charge in [0, 0.05) is 39.1 Å². The van der Waals surface area contributed by atoms with E-state index in [1.54, 1.807) is 0 Å². The summed E-state index contributed by atoms with van der Waals surface area (Å²) in [5.41, 5.74) is 1.23. The summed E-state index contributed by atoms with van der Waals surface area (Å²) < 4.78 is 12.2. The molecule has 0 aromatic carbocycles. The summed E-state index contributed by atoms with van der Waals surface area (Å²) in [6.07, 6.45) is 5.12. The van der Waals surface area contributed by atoms with Gasteiger partial charge < -0.3 is 5.11 Å². The number of hydrogen-bond acceptors (Lipinski definition) is 3. The molecule has 2 atom stereocenters. The van der Waals surface area contributed by atoms with Crippen LogP contribution < -0.4 is 0 Å². The van der Waals surface area contributed by atoms with E-state index in [0.29, 0.717) is 19.3 Å². The summed E-state index contributed by atoms with van der Waals surface area (Å²) in [6, 6.07) is 5.94. The van der Waals surface area contributed by atoms with Crippen LogP contribution in [-0.2, 0) is 17.2 Å². The van der Waals surface area contributed by atoms with Crippen LogP contribution in [0.15, 0.2) is 18.2 Å². The molecule has 3 nitrogen and oxygen atoms in total. The highest BCUT2D eigenvalue weighted by Crippen LogP contribution is 2.40. The van der Waals surface area contributed by atoms with E-state index < -0.39 is 16.4 Å². The zero-order valence-electron chi connectivity index (χ0n) is 11.3. The average molecular weight is 279 g/mol. The molecule has 0 saturated carbocycles. The monoisotopic (exact) mass is 279 g/mol. The molecule has 2 aliphatic heterocycles. The fourth-order valence-corrected chi connectivity index (χ4v) is 5.85. The van der Waals surface area contributed by atoms with Gasteiger partial charge in [-0.05, 0) is 44.7 Å². The lowest BCUT2D eigenvalue weighted by molar-refractivity contribution is 0.0106. The zero-order chi connectivity index (χ0) is 13.5. The molecule has 3 rings (SSSR count). The topological polar surface area (TPSA) is 50.2 Å². The molecule has 104 valence electrons. The van der Waals surface area contributed by atoms with E-state index in [2.05, 4.69) is 4.98 Å². The average Bonchev–Trinajstić information content (AvgIpc) is 2.31. The Hall–Kier alpha value is -0.740. The quantitative estimate of drug-likeness (QED) is 0.902. The van der Waals surface area contributed by atoms with E-state index in [4.69, 9.17) is 0 Å². The molecule has 1 aromatic heterocycles. The highest BCUT2D eigenvalue weighted by molar-refractivity contribution is 7.86. The van der Waals surface area contributed by atoms with Crippen molar-refractivity contribution in [3.63, 3.8) is 0 Å². The van der Waals surface area contributed by atoms with Gasteiger partial charge in [0.2, 0.25) is 0 Å². The van der Waals surface area contributed by atoms with Gasteiger partial charge in [0.15, 0.2) is 0 Å². The summed E-state index contributed by atoms with van der Waals surface area (Å²) in [5.74, 6) is 0. The van der Waals surface area contributed by atoms with Crippen molar-refractivity contribution in [3.8, 4) is 0 Å². The Morgan fingerprint density at radius 2 is 2.05 bits per heavy atom. The minimum Gasteiger partial charge on any atom is -0.389 e. The number of fused-ring (bicyclic) bond motifs is 2. The molecule has 2 unspecified atom stereocenters. The molecule has 2 aliphatic rings. The molecular weight excluding hydrogens is 258 g/mol. The third-order valence-corrected chi connectivity index (χ3v) is 6.50. The number of pyridine rings is 1. The van der Waals surface area contributed by atoms with Crippen LogP contribution >= 0.6 is 0 Å². The second-order valence-corrected chi connectivity index (χ2v) is 8.07. The minimum absolute atomic E-state index is 0.197. The van der Waals surface area contributed by atoms with E-state index in [1.165, 1.54) is 6.42 Å². The molecule has 4 heteroatoms. The first-order chi connectivity index (χ1) is 9.06. The second-order valence-electron chi connectivity index (χ2n) is 6.08. The zero-order valence-corrected chi connectivity index (χ0v) is 12.2. The third-order valence-electron chi connectivity index (χ3n) is 4.38. The van der Waals surface area contributed by atoms with Crippen molar-refractivity contribution in [1.29, 1.82) is 0 Å². The standard InChI is InChI=1S/C15H21NO2S/c1-11-4-2-5-12(16-11)8-15(17)9-13-6-3-7-14(10-15)19(13)18/h2,4-5,13-14,17H,3,6-10H2,1H3. The molecule has 1 N–H and O–H groups in total. The summed E-state index contributed by atoms with van der Waals surface area (Å²) >= 11 is 0. The van der Waals surface area contributed by atoms with Crippen molar-refractivity contribution in [3.05, 3.63) is 29.6 Å². The van der Waals surface area contributed by atoms with Gasteiger partial charge in [-0.25, -0.2) is 0 Å². The highest BCUT2D eigenvalue weighted by Gasteiger charge is 2.45. The number of aliphatic hydroxyl groups is 1. The Balaban J connectivity index is 1.78. The van der Waals surface area contributed by atoms with Crippen molar-refractivity contribution in [1.82, 2.24) is 4.98 Å². The second kappa shape index (κ2) is 4.98. The van der Waals surface area contributed by atoms with Crippen LogP contribution in [0.3, 0.4) is 0 Å². The lowest BCUT2D eigenvalue weighted by Gasteiger charge is -2.43. The van der Waals surface area contributed by atoms with E-state index in [0.717, 1.165) is 24.2 Å². The number of rotatable bonds is 2. The number of hydrogen-bond donors (Lipinski definition) is 1. The van der Waals surface area contributed by atoms with Crippen molar-refractivity contribution < 1.29 is 9.32 Å². The summed E-state index contributed by atoms with van der Waals surface area (Å²) in [7, 11) is -0.725. The van der Waals surface area contributed by atoms with Crippen molar-refractivity contribution in [2.45, 2.75) is 61.5 Å². The largest absolute Gasteiger partial charge is 0.389 e. The van der Waals surface area contributed by atoms with Gasteiger partial charge in [-0.1, -0.05) is 12.5 Å². The molecule has 2 fully saturated rings. The number of aryl methyl sites for hydroxylation is 1. The Morgan fingerprint density at radius 1 is 1.37 bits per heavy atom. The molecule has 0 amide bonds. The van der Waals surface area contributed by atoms with Gasteiger partial charge in [-0.2, -0.15) is 0 Å². The fourth-order valence-electron chi connectivity index (χ4n) is 3.56. The Morgan fingerprint density at radius 3 is 2.68 bits per heavy atom. The maximum Gasteiger partial charge on any atom is 0.0725 e. The maximum atomic E-state index is 12.2. The van der Waals surface area contributed by atoms with Crippen molar-refractivity contribution in [2.75, 3.05) is 0 Å². The predicted octanol–water partition coefficient (Wildman–Crippen LogP) is 2.13. The number of nitrogens with zero attached hydrogens (tertiary/aromatic N) is 1. The Kier molecular flexibility index (Phi) is 3.48.